The molecule has 0 saturated heterocycles. The first-order chi connectivity index (χ1) is 41.1. The van der Waals surface area contributed by atoms with E-state index in [1.54, 1.807) is 10.8 Å². The number of aromatic nitrogens is 1. The lowest BCUT2D eigenvalue weighted by molar-refractivity contribution is -0.129. The van der Waals surface area contributed by atoms with E-state index in [4.69, 9.17) is 0 Å². The SMILES string of the molecule is CCCCCCCCCCCCC(O)CN(CCCCSSCCC(NC(=O)CCCCN(CC(O)CCCCCCCC)CC(O)CCCCCCCC)C(=O)NCCc1c[nH]c2ccccc12)CC(O)CCCCCCCCCCCC. The number of benzene rings is 1. The molecule has 0 aliphatic heterocycles. The third-order valence-corrected chi connectivity index (χ3v) is 19.6. The van der Waals surface area contributed by atoms with Gasteiger partial charge in [-0.1, -0.05) is 273 Å². The van der Waals surface area contributed by atoms with Gasteiger partial charge in [0.05, 0.1) is 24.4 Å². The zero-order chi connectivity index (χ0) is 60.8. The molecule has 490 valence electrons. The summed E-state index contributed by atoms with van der Waals surface area (Å²) in [6, 6.07) is 7.58. The zero-order valence-corrected chi connectivity index (χ0v) is 56.5. The lowest BCUT2D eigenvalue weighted by atomic mass is 10.0. The van der Waals surface area contributed by atoms with E-state index in [-0.39, 0.29) is 24.0 Å². The molecule has 0 aliphatic rings. The van der Waals surface area contributed by atoms with Gasteiger partial charge in [-0.25, -0.2) is 0 Å². The monoisotopic (exact) mass is 1220 g/mol. The van der Waals surface area contributed by atoms with E-state index in [1.807, 2.05) is 29.1 Å². The van der Waals surface area contributed by atoms with Gasteiger partial charge in [0, 0.05) is 67.8 Å². The van der Waals surface area contributed by atoms with Crippen molar-refractivity contribution in [2.24, 2.45) is 0 Å². The van der Waals surface area contributed by atoms with Crippen LogP contribution < -0.4 is 10.6 Å². The Balaban J connectivity index is 1.93. The summed E-state index contributed by atoms with van der Waals surface area (Å²) in [5, 5.41) is 52.0. The fourth-order valence-corrected chi connectivity index (χ4v) is 14.1. The van der Waals surface area contributed by atoms with E-state index in [2.05, 4.69) is 65.2 Å². The number of unbranched alkanes of at least 4 members (excludes halogenated alkanes) is 30. The summed E-state index contributed by atoms with van der Waals surface area (Å²) in [5.41, 5.74) is 2.23. The maximum Gasteiger partial charge on any atom is 0.242 e. The molecule has 13 heteroatoms. The third-order valence-electron chi connectivity index (χ3n) is 17.1. The van der Waals surface area contributed by atoms with Crippen LogP contribution in [-0.4, -0.2) is 135 Å². The number of aliphatic hydroxyl groups is 4. The van der Waals surface area contributed by atoms with Crippen LogP contribution in [0.1, 0.15) is 303 Å². The van der Waals surface area contributed by atoms with Gasteiger partial charge in [-0.3, -0.25) is 19.4 Å². The molecule has 2 rings (SSSR count). The van der Waals surface area contributed by atoms with Crippen molar-refractivity contribution >= 4 is 44.3 Å². The number of hydrogen-bond donors (Lipinski definition) is 7. The Kier molecular flexibility index (Phi) is 52.5. The first-order valence-electron chi connectivity index (χ1n) is 35.6. The van der Waals surface area contributed by atoms with Crippen molar-refractivity contribution in [1.29, 1.82) is 0 Å². The molecule has 84 heavy (non-hydrogen) atoms. The van der Waals surface area contributed by atoms with Gasteiger partial charge < -0.3 is 36.0 Å². The molecule has 2 aromatic rings. The number of para-hydroxylation sites is 1. The zero-order valence-electron chi connectivity index (χ0n) is 54.9. The Morgan fingerprint density at radius 3 is 1.27 bits per heavy atom. The summed E-state index contributed by atoms with van der Waals surface area (Å²) < 4.78 is 0. The van der Waals surface area contributed by atoms with Crippen LogP contribution in [0.2, 0.25) is 0 Å². The number of H-pyrrole nitrogens is 1. The quantitative estimate of drug-likeness (QED) is 0.0251. The van der Waals surface area contributed by atoms with Gasteiger partial charge in [0.1, 0.15) is 6.04 Å². The first-order valence-corrected chi connectivity index (χ1v) is 38.1. The Labute approximate surface area is 524 Å². The van der Waals surface area contributed by atoms with Gasteiger partial charge in [0.15, 0.2) is 0 Å². The minimum Gasteiger partial charge on any atom is -0.392 e. The number of nitrogens with one attached hydrogen (secondary N) is 3. The number of nitrogens with zero attached hydrogens (tertiary/aromatic N) is 2. The van der Waals surface area contributed by atoms with Crippen molar-refractivity contribution in [2.75, 3.05) is 57.3 Å². The molecular weight excluding hydrogens is 1080 g/mol. The highest BCUT2D eigenvalue weighted by atomic mass is 33.1. The smallest absolute Gasteiger partial charge is 0.242 e. The average molecular weight is 1220 g/mol. The van der Waals surface area contributed by atoms with Crippen LogP contribution in [0.5, 0.6) is 0 Å². The summed E-state index contributed by atoms with van der Waals surface area (Å²) in [5.74, 6) is 1.43. The summed E-state index contributed by atoms with van der Waals surface area (Å²) in [7, 11) is 3.59. The maximum atomic E-state index is 13.9. The second-order valence-electron chi connectivity index (χ2n) is 25.3. The van der Waals surface area contributed by atoms with Crippen LogP contribution >= 0.6 is 21.6 Å². The minimum absolute atomic E-state index is 0.117. The van der Waals surface area contributed by atoms with Crippen molar-refractivity contribution < 1.29 is 30.0 Å². The van der Waals surface area contributed by atoms with Gasteiger partial charge in [-0.15, -0.1) is 0 Å². The Morgan fingerprint density at radius 2 is 0.845 bits per heavy atom. The third kappa shape index (κ3) is 44.6. The molecule has 1 aromatic carbocycles. The summed E-state index contributed by atoms with van der Waals surface area (Å²) in [6.45, 7) is 13.4. The number of aromatic amines is 1. The molecule has 0 saturated carbocycles. The maximum absolute atomic E-state index is 13.9. The van der Waals surface area contributed by atoms with Crippen LogP contribution in [0.3, 0.4) is 0 Å². The summed E-state index contributed by atoms with van der Waals surface area (Å²) >= 11 is 0. The van der Waals surface area contributed by atoms with E-state index in [0.717, 1.165) is 118 Å². The predicted molar refractivity (Wildman–Crippen MR) is 365 cm³/mol. The second-order valence-corrected chi connectivity index (χ2v) is 28.0. The van der Waals surface area contributed by atoms with Crippen molar-refractivity contribution in [3.63, 3.8) is 0 Å². The molecule has 7 N–H and O–H groups in total. The van der Waals surface area contributed by atoms with E-state index in [0.29, 0.717) is 65.0 Å². The van der Waals surface area contributed by atoms with Crippen LogP contribution in [0.25, 0.3) is 10.9 Å². The summed E-state index contributed by atoms with van der Waals surface area (Å²) in [4.78, 5) is 35.3. The number of carbonyl (C=O) groups excluding carboxylic acids is 2. The first kappa shape index (κ1) is 78.3. The van der Waals surface area contributed by atoms with E-state index in [9.17, 15) is 30.0 Å². The van der Waals surface area contributed by atoms with Gasteiger partial charge in [-0.2, -0.15) is 0 Å². The highest BCUT2D eigenvalue weighted by molar-refractivity contribution is 8.76. The molecule has 5 unspecified atom stereocenters. The predicted octanol–water partition coefficient (Wildman–Crippen LogP) is 17.2. The second kappa shape index (κ2) is 56.4. The molecule has 0 radical (unpaired) electrons. The molecule has 1 aromatic heterocycles. The lowest BCUT2D eigenvalue weighted by Gasteiger charge is -2.27. The van der Waals surface area contributed by atoms with E-state index >= 15 is 0 Å². The molecule has 5 atom stereocenters. The highest BCUT2D eigenvalue weighted by Crippen LogP contribution is 2.25. The Hall–Kier alpha value is -1.84. The van der Waals surface area contributed by atoms with Gasteiger partial charge in [0.2, 0.25) is 11.8 Å². The van der Waals surface area contributed by atoms with Crippen LogP contribution in [-0.2, 0) is 16.0 Å². The number of hydrogen-bond acceptors (Lipinski definition) is 10. The van der Waals surface area contributed by atoms with Crippen LogP contribution in [0, 0.1) is 0 Å². The number of carbonyl (C=O) groups is 2. The number of aliphatic hydroxyl groups excluding tert-OH is 4. The fourth-order valence-electron chi connectivity index (χ4n) is 11.8. The number of fused-ring (bicyclic) bond motifs is 1. The molecule has 0 fully saturated rings. The molecular formula is C71H133N5O6S2. The molecule has 0 aliphatic carbocycles. The van der Waals surface area contributed by atoms with Crippen LogP contribution in [0.4, 0.5) is 0 Å². The largest absolute Gasteiger partial charge is 0.392 e. The van der Waals surface area contributed by atoms with E-state index in [1.165, 1.54) is 167 Å². The lowest BCUT2D eigenvalue weighted by Crippen LogP contribution is -2.47. The molecule has 1 heterocycles. The summed E-state index contributed by atoms with van der Waals surface area (Å²) in [6.07, 6.45) is 48.6. The van der Waals surface area contributed by atoms with E-state index < -0.39 is 18.2 Å². The minimum atomic E-state index is -0.633. The average Bonchev–Trinajstić information content (AvgIpc) is 4.08. The molecule has 2 amide bonds. The number of amides is 2. The Morgan fingerprint density at radius 1 is 0.464 bits per heavy atom. The van der Waals surface area contributed by atoms with Crippen molar-refractivity contribution in [3.05, 3.63) is 36.0 Å². The Bertz CT molecular complexity index is 1720. The van der Waals surface area contributed by atoms with Crippen molar-refractivity contribution in [2.45, 2.75) is 334 Å². The normalized spacial score (nSPS) is 13.7. The standard InChI is InChI=1S/C71H133N5O6S2/c1-5-9-13-17-21-23-25-27-31-35-45-65(79)60-76(61-66(80)46-36-32-28-26-24-22-18-14-10-6-2)54-41-42-55-83-84-56-51-69(71(82)72-52-50-62-57-73-68-48-38-37-47-67(62)68)74-70(81)49-39-40-53-75(58-63(77)43-33-29-19-15-11-7-3)59-64(78)44-34-30-20-16-12-8-4/h37-38,47-48,57,63-66,69,73,77-80H,5-36,39-46,49-56,58-61H2,1-4H3,(H,72,82)(H,74,81). The van der Waals surface area contributed by atoms with Crippen molar-refractivity contribution in [1.82, 2.24) is 25.4 Å². The van der Waals surface area contributed by atoms with Crippen LogP contribution in [0.15, 0.2) is 30.5 Å². The van der Waals surface area contributed by atoms with Gasteiger partial charge >= 0.3 is 0 Å². The molecule has 0 spiro atoms. The highest BCUT2D eigenvalue weighted by Gasteiger charge is 2.22. The number of rotatable bonds is 63. The van der Waals surface area contributed by atoms with Crippen molar-refractivity contribution in [3.8, 4) is 0 Å². The van der Waals surface area contributed by atoms with Gasteiger partial charge in [-0.05, 0) is 88.9 Å². The molecule has 0 bridgehead atoms. The topological polar surface area (TPSA) is 161 Å². The molecule has 11 nitrogen and oxygen atoms in total. The fraction of sp³-hybridized carbons (Fsp3) is 0.859. The van der Waals surface area contributed by atoms with Gasteiger partial charge in [0.25, 0.3) is 0 Å².